The van der Waals surface area contributed by atoms with Crippen LogP contribution in [-0.2, 0) is 4.79 Å². The van der Waals surface area contributed by atoms with Crippen LogP contribution in [0.2, 0.25) is 0 Å². The highest BCUT2D eigenvalue weighted by molar-refractivity contribution is 6.03. The number of nitrogens with zero attached hydrogens (tertiary/aromatic N) is 5. The lowest BCUT2D eigenvalue weighted by molar-refractivity contribution is -0.135. The molecular formula is C19H26N6O2. The molecule has 144 valence electrons. The van der Waals surface area contributed by atoms with Gasteiger partial charge in [-0.25, -0.2) is 9.50 Å². The molecule has 2 aromatic rings. The van der Waals surface area contributed by atoms with Crippen molar-refractivity contribution in [1.29, 1.82) is 0 Å². The Bertz CT molecular complexity index is 899. The van der Waals surface area contributed by atoms with Gasteiger partial charge in [-0.05, 0) is 39.7 Å². The first kappa shape index (κ1) is 17.9. The molecule has 0 bridgehead atoms. The Morgan fingerprint density at radius 1 is 1.15 bits per heavy atom. The van der Waals surface area contributed by atoms with Crippen molar-refractivity contribution < 1.29 is 9.59 Å². The number of piperazine rings is 1. The summed E-state index contributed by atoms with van der Waals surface area (Å²) in [6.45, 7) is 8.94. The molecule has 1 atom stereocenters. The van der Waals surface area contributed by atoms with E-state index in [9.17, 15) is 9.59 Å². The molecule has 8 heteroatoms. The monoisotopic (exact) mass is 370 g/mol. The number of aryl methyl sites for hydroxylation is 3. The van der Waals surface area contributed by atoms with Crippen molar-refractivity contribution in [2.75, 3.05) is 32.7 Å². The Morgan fingerprint density at radius 3 is 2.63 bits per heavy atom. The third-order valence-corrected chi connectivity index (χ3v) is 5.49. The summed E-state index contributed by atoms with van der Waals surface area (Å²) in [4.78, 5) is 34.6. The van der Waals surface area contributed by atoms with Gasteiger partial charge < -0.3 is 15.1 Å². The first-order valence-electron chi connectivity index (χ1n) is 9.61. The van der Waals surface area contributed by atoms with Crippen molar-refractivity contribution in [3.8, 4) is 0 Å². The summed E-state index contributed by atoms with van der Waals surface area (Å²) in [5.41, 5.74) is 3.50. The van der Waals surface area contributed by atoms with E-state index in [1.165, 1.54) is 0 Å². The number of rotatable bonds is 2. The van der Waals surface area contributed by atoms with E-state index >= 15 is 0 Å². The number of hydrogen-bond acceptors (Lipinski definition) is 5. The third-order valence-electron chi connectivity index (χ3n) is 5.49. The van der Waals surface area contributed by atoms with E-state index in [2.05, 4.69) is 15.4 Å². The predicted octanol–water partition coefficient (Wildman–Crippen LogP) is 0.691. The van der Waals surface area contributed by atoms with Gasteiger partial charge in [-0.1, -0.05) is 0 Å². The number of hydrogen-bond donors (Lipinski definition) is 1. The lowest BCUT2D eigenvalue weighted by atomic mass is 10.1. The van der Waals surface area contributed by atoms with Gasteiger partial charge in [0.25, 0.3) is 5.91 Å². The minimum atomic E-state index is -0.468. The molecule has 0 saturated carbocycles. The molecule has 0 radical (unpaired) electrons. The average molecular weight is 370 g/mol. The minimum absolute atomic E-state index is 0.0440. The predicted molar refractivity (Wildman–Crippen MR) is 101 cm³/mol. The normalized spacial score (nSPS) is 20.5. The lowest BCUT2D eigenvalue weighted by Crippen LogP contribution is -2.60. The van der Waals surface area contributed by atoms with Crippen molar-refractivity contribution in [3.63, 3.8) is 0 Å². The maximum Gasteiger partial charge on any atom is 0.260 e. The van der Waals surface area contributed by atoms with Crippen LogP contribution in [0.1, 0.15) is 40.3 Å². The fourth-order valence-electron chi connectivity index (χ4n) is 4.14. The van der Waals surface area contributed by atoms with E-state index in [1.807, 2.05) is 31.7 Å². The van der Waals surface area contributed by atoms with Gasteiger partial charge in [0.2, 0.25) is 5.91 Å². The molecule has 2 aliphatic rings. The molecule has 2 aromatic heterocycles. The molecule has 2 saturated heterocycles. The van der Waals surface area contributed by atoms with Crippen molar-refractivity contribution in [2.24, 2.45) is 0 Å². The molecule has 8 nitrogen and oxygen atoms in total. The zero-order valence-corrected chi connectivity index (χ0v) is 16.2. The molecule has 2 aliphatic heterocycles. The molecule has 0 spiro atoms. The van der Waals surface area contributed by atoms with Crippen LogP contribution < -0.4 is 5.32 Å². The summed E-state index contributed by atoms with van der Waals surface area (Å²) >= 11 is 0. The average Bonchev–Trinajstić information content (AvgIpc) is 3.28. The van der Waals surface area contributed by atoms with Crippen LogP contribution in [-0.4, -0.2) is 75.0 Å². The second kappa shape index (κ2) is 6.92. The van der Waals surface area contributed by atoms with Crippen LogP contribution in [0.5, 0.6) is 0 Å². The Labute approximate surface area is 158 Å². The molecule has 2 amide bonds. The lowest BCUT2D eigenvalue weighted by Gasteiger charge is -2.37. The van der Waals surface area contributed by atoms with E-state index < -0.39 is 6.04 Å². The van der Waals surface area contributed by atoms with Gasteiger partial charge in [0.15, 0.2) is 5.65 Å². The van der Waals surface area contributed by atoms with E-state index in [4.69, 9.17) is 0 Å². The standard InChI is InChI=1S/C19H26N6O2/c1-12-10-13(2)25-17(21-12)16(14(3)22-25)19(27)24-9-6-20-11-15(24)18(26)23-7-4-5-8-23/h10,15,20H,4-9,11H2,1-3H3. The fourth-order valence-corrected chi connectivity index (χ4v) is 4.14. The molecule has 0 aromatic carbocycles. The molecule has 4 rings (SSSR count). The molecule has 2 fully saturated rings. The van der Waals surface area contributed by atoms with Crippen LogP contribution in [0.4, 0.5) is 0 Å². The highest BCUT2D eigenvalue weighted by atomic mass is 16.2. The zero-order chi connectivity index (χ0) is 19.1. The van der Waals surface area contributed by atoms with E-state index in [0.29, 0.717) is 36.5 Å². The number of nitrogens with one attached hydrogen (secondary N) is 1. The first-order valence-corrected chi connectivity index (χ1v) is 9.61. The fraction of sp³-hybridized carbons (Fsp3) is 0.579. The van der Waals surface area contributed by atoms with E-state index in [-0.39, 0.29) is 11.8 Å². The van der Waals surface area contributed by atoms with Crippen LogP contribution in [0.3, 0.4) is 0 Å². The quantitative estimate of drug-likeness (QED) is 0.841. The van der Waals surface area contributed by atoms with Crippen molar-refractivity contribution >= 4 is 17.5 Å². The Hall–Kier alpha value is -2.48. The van der Waals surface area contributed by atoms with E-state index in [0.717, 1.165) is 37.3 Å². The van der Waals surface area contributed by atoms with Crippen LogP contribution >= 0.6 is 0 Å². The maximum absolute atomic E-state index is 13.5. The number of amides is 2. The van der Waals surface area contributed by atoms with E-state index in [1.54, 1.807) is 9.42 Å². The summed E-state index contributed by atoms with van der Waals surface area (Å²) in [6.07, 6.45) is 2.07. The summed E-state index contributed by atoms with van der Waals surface area (Å²) in [5, 5.41) is 7.77. The van der Waals surface area contributed by atoms with Gasteiger partial charge in [0, 0.05) is 44.1 Å². The van der Waals surface area contributed by atoms with Gasteiger partial charge in [0.05, 0.1) is 5.69 Å². The first-order chi connectivity index (χ1) is 13.0. The number of aromatic nitrogens is 3. The summed E-state index contributed by atoms with van der Waals surface area (Å²) < 4.78 is 1.72. The third kappa shape index (κ3) is 3.07. The largest absolute Gasteiger partial charge is 0.341 e. The molecule has 1 unspecified atom stereocenters. The molecule has 4 heterocycles. The number of carbonyl (C=O) groups is 2. The Kier molecular flexibility index (Phi) is 4.59. The van der Waals surface area contributed by atoms with Crippen LogP contribution in [0, 0.1) is 20.8 Å². The minimum Gasteiger partial charge on any atom is -0.341 e. The second-order valence-corrected chi connectivity index (χ2v) is 7.49. The summed E-state index contributed by atoms with van der Waals surface area (Å²) in [7, 11) is 0. The summed E-state index contributed by atoms with van der Waals surface area (Å²) in [5.74, 6) is -0.110. The van der Waals surface area contributed by atoms with Gasteiger partial charge >= 0.3 is 0 Å². The van der Waals surface area contributed by atoms with Crippen LogP contribution in [0.25, 0.3) is 5.65 Å². The highest BCUT2D eigenvalue weighted by Crippen LogP contribution is 2.21. The van der Waals surface area contributed by atoms with Gasteiger partial charge in [-0.3, -0.25) is 9.59 Å². The smallest absolute Gasteiger partial charge is 0.260 e. The SMILES string of the molecule is Cc1cc(C)n2nc(C)c(C(=O)N3CCNCC3C(=O)N3CCCC3)c2n1. The van der Waals surface area contributed by atoms with Crippen molar-refractivity contribution in [3.05, 3.63) is 28.7 Å². The summed E-state index contributed by atoms with van der Waals surface area (Å²) in [6, 6.07) is 1.47. The molecule has 0 aliphatic carbocycles. The topological polar surface area (TPSA) is 82.8 Å². The van der Waals surface area contributed by atoms with Crippen LogP contribution in [0.15, 0.2) is 6.07 Å². The zero-order valence-electron chi connectivity index (χ0n) is 16.2. The number of fused-ring (bicyclic) bond motifs is 1. The molecule has 27 heavy (non-hydrogen) atoms. The maximum atomic E-state index is 13.5. The van der Waals surface area contributed by atoms with Gasteiger partial charge in [0.1, 0.15) is 11.6 Å². The Morgan fingerprint density at radius 2 is 1.89 bits per heavy atom. The number of carbonyl (C=O) groups excluding carboxylic acids is 2. The number of likely N-dealkylation sites (tertiary alicyclic amines) is 1. The van der Waals surface area contributed by atoms with Gasteiger partial charge in [-0.15, -0.1) is 0 Å². The highest BCUT2D eigenvalue weighted by Gasteiger charge is 2.37. The van der Waals surface area contributed by atoms with Crippen molar-refractivity contribution in [2.45, 2.75) is 39.7 Å². The van der Waals surface area contributed by atoms with Crippen molar-refractivity contribution in [1.82, 2.24) is 29.7 Å². The molecule has 1 N–H and O–H groups in total. The van der Waals surface area contributed by atoms with Gasteiger partial charge in [-0.2, -0.15) is 5.10 Å². The molecular weight excluding hydrogens is 344 g/mol. The Balaban J connectivity index is 1.71. The second-order valence-electron chi connectivity index (χ2n) is 7.49.